The molecule has 0 amide bonds. The highest BCUT2D eigenvalue weighted by Gasteiger charge is 2.15. The van der Waals surface area contributed by atoms with Crippen molar-refractivity contribution in [2.24, 2.45) is 0 Å². The lowest BCUT2D eigenvalue weighted by molar-refractivity contribution is 0.584. The lowest BCUT2D eigenvalue weighted by Gasteiger charge is -2.17. The van der Waals surface area contributed by atoms with Crippen molar-refractivity contribution in [3.63, 3.8) is 0 Å². The number of nitrogens with one attached hydrogen (secondary N) is 2. The van der Waals surface area contributed by atoms with Crippen LogP contribution in [0.4, 0.5) is 11.4 Å². The van der Waals surface area contributed by atoms with Crippen LogP contribution in [0.3, 0.4) is 0 Å². The van der Waals surface area contributed by atoms with Crippen molar-refractivity contribution in [2.75, 3.05) is 29.1 Å². The molecule has 0 aliphatic carbocycles. The Morgan fingerprint density at radius 3 is 2.65 bits per heavy atom. The summed E-state index contributed by atoms with van der Waals surface area (Å²) < 4.78 is 26.4. The number of hydrogen-bond donors (Lipinski definition) is 3. The Morgan fingerprint density at radius 1 is 1.35 bits per heavy atom. The number of rotatable bonds is 8. The summed E-state index contributed by atoms with van der Waals surface area (Å²) in [5, 5.41) is 3.26. The van der Waals surface area contributed by atoms with Crippen LogP contribution in [-0.2, 0) is 10.0 Å². The van der Waals surface area contributed by atoms with Crippen LogP contribution in [0.5, 0.6) is 0 Å². The van der Waals surface area contributed by atoms with Crippen LogP contribution < -0.4 is 15.8 Å². The number of nitrogen functional groups attached to an aromatic ring is 1. The van der Waals surface area contributed by atoms with Gasteiger partial charge in [-0.1, -0.05) is 13.8 Å². The number of nitrogens with two attached hydrogens (primary N) is 1. The number of thioether (sulfide) groups is 1. The van der Waals surface area contributed by atoms with Gasteiger partial charge in [-0.25, -0.2) is 13.1 Å². The Balaban J connectivity index is 2.92. The first kappa shape index (κ1) is 17.1. The minimum absolute atomic E-state index is 0.222. The van der Waals surface area contributed by atoms with E-state index >= 15 is 0 Å². The van der Waals surface area contributed by atoms with Crippen LogP contribution in [0.15, 0.2) is 23.1 Å². The van der Waals surface area contributed by atoms with E-state index in [2.05, 4.69) is 17.0 Å². The fourth-order valence-electron chi connectivity index (χ4n) is 1.70. The van der Waals surface area contributed by atoms with Crippen LogP contribution in [0.2, 0.25) is 0 Å². The van der Waals surface area contributed by atoms with E-state index in [-0.39, 0.29) is 10.9 Å². The summed E-state index contributed by atoms with van der Waals surface area (Å²) in [7, 11) is -3.45. The Hall–Kier alpha value is -0.920. The van der Waals surface area contributed by atoms with Gasteiger partial charge in [0, 0.05) is 18.3 Å². The second-order valence-electron chi connectivity index (χ2n) is 4.46. The second kappa shape index (κ2) is 7.75. The van der Waals surface area contributed by atoms with Gasteiger partial charge in [-0.3, -0.25) is 0 Å². The van der Waals surface area contributed by atoms with Crippen molar-refractivity contribution in [1.29, 1.82) is 0 Å². The van der Waals surface area contributed by atoms with Crippen LogP contribution in [0, 0.1) is 0 Å². The average Bonchev–Trinajstić information content (AvgIpc) is 2.38. The lowest BCUT2D eigenvalue weighted by Crippen LogP contribution is -2.24. The van der Waals surface area contributed by atoms with Crippen molar-refractivity contribution >= 4 is 33.2 Å². The van der Waals surface area contributed by atoms with Gasteiger partial charge in [-0.15, -0.1) is 0 Å². The predicted molar refractivity (Wildman–Crippen MR) is 87.8 cm³/mol. The maximum Gasteiger partial charge on any atom is 0.240 e. The molecule has 0 radical (unpaired) electrons. The zero-order valence-electron chi connectivity index (χ0n) is 12.1. The standard InChI is InChI=1S/C13H23N3O2S2/c1-4-15-20(17,18)11-6-7-12(14)13(8-11)16-10(3)9-19-5-2/h6-8,10,15-16H,4-5,9,14H2,1-3H3. The van der Waals surface area contributed by atoms with E-state index in [0.717, 1.165) is 11.5 Å². The largest absolute Gasteiger partial charge is 0.397 e. The smallest absolute Gasteiger partial charge is 0.240 e. The van der Waals surface area contributed by atoms with E-state index in [9.17, 15) is 8.42 Å². The van der Waals surface area contributed by atoms with Gasteiger partial charge in [0.2, 0.25) is 10.0 Å². The minimum Gasteiger partial charge on any atom is -0.397 e. The van der Waals surface area contributed by atoms with E-state index in [1.807, 2.05) is 18.7 Å². The topological polar surface area (TPSA) is 84.2 Å². The normalized spacial score (nSPS) is 13.2. The molecule has 0 spiro atoms. The molecule has 0 fully saturated rings. The van der Waals surface area contributed by atoms with E-state index in [1.54, 1.807) is 19.1 Å². The Kier molecular flexibility index (Phi) is 6.64. The third kappa shape index (κ3) is 4.88. The number of hydrogen-bond acceptors (Lipinski definition) is 5. The summed E-state index contributed by atoms with van der Waals surface area (Å²) in [4.78, 5) is 0.228. The third-order valence-corrected chi connectivity index (χ3v) is 5.33. The highest BCUT2D eigenvalue weighted by Crippen LogP contribution is 2.24. The number of sulfonamides is 1. The molecule has 1 rings (SSSR count). The molecule has 5 nitrogen and oxygen atoms in total. The Bertz CT molecular complexity index is 532. The molecule has 0 bridgehead atoms. The van der Waals surface area contributed by atoms with Crippen molar-refractivity contribution < 1.29 is 8.42 Å². The lowest BCUT2D eigenvalue weighted by atomic mass is 10.2. The molecule has 1 atom stereocenters. The second-order valence-corrected chi connectivity index (χ2v) is 7.54. The quantitative estimate of drug-likeness (QED) is 0.640. The van der Waals surface area contributed by atoms with E-state index in [0.29, 0.717) is 17.9 Å². The summed E-state index contributed by atoms with van der Waals surface area (Å²) in [6, 6.07) is 4.94. The SMILES string of the molecule is CCNS(=O)(=O)c1ccc(N)c(NC(C)CSCC)c1. The first-order chi connectivity index (χ1) is 9.40. The van der Waals surface area contributed by atoms with E-state index in [4.69, 9.17) is 5.73 Å². The maximum absolute atomic E-state index is 12.0. The van der Waals surface area contributed by atoms with Gasteiger partial charge in [0.05, 0.1) is 16.3 Å². The molecule has 1 aromatic carbocycles. The van der Waals surface area contributed by atoms with Gasteiger partial charge in [-0.05, 0) is 30.9 Å². The first-order valence-electron chi connectivity index (χ1n) is 6.64. The third-order valence-electron chi connectivity index (χ3n) is 2.64. The van der Waals surface area contributed by atoms with Crippen molar-refractivity contribution in [3.8, 4) is 0 Å². The van der Waals surface area contributed by atoms with Crippen molar-refractivity contribution in [2.45, 2.75) is 31.7 Å². The fraction of sp³-hybridized carbons (Fsp3) is 0.538. The molecule has 0 aromatic heterocycles. The van der Waals surface area contributed by atoms with Gasteiger partial charge < -0.3 is 11.1 Å². The highest BCUT2D eigenvalue weighted by atomic mass is 32.2. The molecule has 1 aromatic rings. The molecule has 0 heterocycles. The van der Waals surface area contributed by atoms with Crippen LogP contribution >= 0.6 is 11.8 Å². The van der Waals surface area contributed by atoms with Crippen LogP contribution in [0.25, 0.3) is 0 Å². The molecular formula is C13H23N3O2S2. The predicted octanol–water partition coefficient (Wildman–Crippen LogP) is 2.12. The molecule has 0 saturated carbocycles. The van der Waals surface area contributed by atoms with E-state index < -0.39 is 10.0 Å². The van der Waals surface area contributed by atoms with Crippen LogP contribution in [-0.4, -0.2) is 32.5 Å². The van der Waals surface area contributed by atoms with Gasteiger partial charge in [-0.2, -0.15) is 11.8 Å². The summed E-state index contributed by atoms with van der Waals surface area (Å²) in [5.74, 6) is 2.00. The molecule has 7 heteroatoms. The highest BCUT2D eigenvalue weighted by molar-refractivity contribution is 7.99. The van der Waals surface area contributed by atoms with Crippen molar-refractivity contribution in [3.05, 3.63) is 18.2 Å². The fourth-order valence-corrected chi connectivity index (χ4v) is 3.44. The average molecular weight is 317 g/mol. The summed E-state index contributed by atoms with van der Waals surface area (Å²) in [5.41, 5.74) is 7.11. The molecule has 114 valence electrons. The monoisotopic (exact) mass is 317 g/mol. The zero-order chi connectivity index (χ0) is 15.2. The molecule has 0 saturated heterocycles. The molecule has 4 N–H and O–H groups in total. The van der Waals surface area contributed by atoms with Gasteiger partial charge in [0.25, 0.3) is 0 Å². The molecule has 0 aliphatic heterocycles. The minimum atomic E-state index is -3.45. The van der Waals surface area contributed by atoms with Crippen LogP contribution in [0.1, 0.15) is 20.8 Å². The zero-order valence-corrected chi connectivity index (χ0v) is 13.8. The van der Waals surface area contributed by atoms with E-state index in [1.165, 1.54) is 6.07 Å². The van der Waals surface area contributed by atoms with Gasteiger partial charge in [0.15, 0.2) is 0 Å². The maximum atomic E-state index is 12.0. The number of anilines is 2. The molecule has 20 heavy (non-hydrogen) atoms. The molecule has 1 unspecified atom stereocenters. The molecule has 0 aliphatic rings. The van der Waals surface area contributed by atoms with Gasteiger partial charge >= 0.3 is 0 Å². The summed E-state index contributed by atoms with van der Waals surface area (Å²) in [6.07, 6.45) is 0. The Morgan fingerprint density at radius 2 is 2.05 bits per heavy atom. The van der Waals surface area contributed by atoms with Crippen molar-refractivity contribution in [1.82, 2.24) is 4.72 Å². The first-order valence-corrected chi connectivity index (χ1v) is 9.28. The molecular weight excluding hydrogens is 294 g/mol. The Labute approximate surface area is 125 Å². The summed E-state index contributed by atoms with van der Waals surface area (Å²) >= 11 is 1.83. The van der Waals surface area contributed by atoms with Gasteiger partial charge in [0.1, 0.15) is 0 Å². The summed E-state index contributed by atoms with van der Waals surface area (Å²) in [6.45, 7) is 6.26. The number of benzene rings is 1.